The number of anilines is 1. The Hall–Kier alpha value is -2.21. The van der Waals surface area contributed by atoms with Crippen molar-refractivity contribution in [2.45, 2.75) is 6.92 Å². The SMILES string of the molecule is Cc1ccc(N2C(=O)C(=Cc3c(Cl)cccc3Cl)C(=O)NC2=S)cc1. The van der Waals surface area contributed by atoms with Gasteiger partial charge in [-0.3, -0.25) is 19.8 Å². The van der Waals surface area contributed by atoms with Gasteiger partial charge in [0.25, 0.3) is 11.8 Å². The smallest absolute Gasteiger partial charge is 0.270 e. The maximum atomic E-state index is 12.9. The second-order valence-corrected chi connectivity index (χ2v) is 6.63. The third kappa shape index (κ3) is 3.44. The molecule has 126 valence electrons. The van der Waals surface area contributed by atoms with Crippen molar-refractivity contribution in [3.8, 4) is 0 Å². The van der Waals surface area contributed by atoms with E-state index in [4.69, 9.17) is 35.4 Å². The summed E-state index contributed by atoms with van der Waals surface area (Å²) in [5.41, 5.74) is 1.92. The lowest BCUT2D eigenvalue weighted by Crippen LogP contribution is -2.54. The maximum Gasteiger partial charge on any atom is 0.270 e. The molecule has 0 aliphatic carbocycles. The molecule has 0 spiro atoms. The van der Waals surface area contributed by atoms with Crippen molar-refractivity contribution in [2.24, 2.45) is 0 Å². The highest BCUT2D eigenvalue weighted by Crippen LogP contribution is 2.29. The zero-order valence-electron chi connectivity index (χ0n) is 13.0. The molecule has 1 saturated heterocycles. The van der Waals surface area contributed by atoms with Crippen LogP contribution >= 0.6 is 35.4 Å². The standard InChI is InChI=1S/C18H12Cl2N2O2S/c1-10-5-7-11(8-6-10)22-17(24)13(16(23)21-18(22)25)9-12-14(19)3-2-4-15(12)20/h2-9H,1H3,(H,21,23,25). The zero-order chi connectivity index (χ0) is 18.1. The Labute approximate surface area is 160 Å². The summed E-state index contributed by atoms with van der Waals surface area (Å²) in [7, 11) is 0. The predicted molar refractivity (Wildman–Crippen MR) is 104 cm³/mol. The molecule has 1 aliphatic heterocycles. The van der Waals surface area contributed by atoms with Crippen molar-refractivity contribution in [3.05, 3.63) is 69.2 Å². The highest BCUT2D eigenvalue weighted by Gasteiger charge is 2.34. The van der Waals surface area contributed by atoms with Gasteiger partial charge in [0.15, 0.2) is 5.11 Å². The van der Waals surface area contributed by atoms with E-state index in [1.807, 2.05) is 19.1 Å². The van der Waals surface area contributed by atoms with Gasteiger partial charge in [0.05, 0.1) is 5.69 Å². The number of hydrogen-bond donors (Lipinski definition) is 1. The normalized spacial score (nSPS) is 16.4. The van der Waals surface area contributed by atoms with E-state index in [2.05, 4.69) is 5.32 Å². The van der Waals surface area contributed by atoms with Crippen LogP contribution in [0.5, 0.6) is 0 Å². The van der Waals surface area contributed by atoms with Gasteiger partial charge >= 0.3 is 0 Å². The van der Waals surface area contributed by atoms with E-state index in [0.29, 0.717) is 21.3 Å². The Balaban J connectivity index is 2.07. The van der Waals surface area contributed by atoms with E-state index < -0.39 is 11.8 Å². The minimum absolute atomic E-state index is 0.0289. The largest absolute Gasteiger partial charge is 0.298 e. The number of halogens is 2. The van der Waals surface area contributed by atoms with Gasteiger partial charge in [0.2, 0.25) is 0 Å². The van der Waals surface area contributed by atoms with Crippen molar-refractivity contribution in [2.75, 3.05) is 4.90 Å². The highest BCUT2D eigenvalue weighted by molar-refractivity contribution is 7.80. The monoisotopic (exact) mass is 390 g/mol. The van der Waals surface area contributed by atoms with Crippen molar-refractivity contribution >= 4 is 64.1 Å². The lowest BCUT2D eigenvalue weighted by atomic mass is 10.1. The molecule has 1 aliphatic rings. The van der Waals surface area contributed by atoms with Crippen LogP contribution < -0.4 is 10.2 Å². The van der Waals surface area contributed by atoms with Crippen molar-refractivity contribution in [1.82, 2.24) is 5.32 Å². The van der Waals surface area contributed by atoms with Crippen LogP contribution in [0, 0.1) is 6.92 Å². The first kappa shape index (κ1) is 17.6. The molecule has 7 heteroatoms. The number of thiocarbonyl (C=S) groups is 1. The van der Waals surface area contributed by atoms with Crippen LogP contribution in [-0.2, 0) is 9.59 Å². The summed E-state index contributed by atoms with van der Waals surface area (Å²) in [6, 6.07) is 12.2. The van der Waals surface area contributed by atoms with E-state index >= 15 is 0 Å². The van der Waals surface area contributed by atoms with Gasteiger partial charge in [-0.1, -0.05) is 47.0 Å². The highest BCUT2D eigenvalue weighted by atomic mass is 35.5. The number of carbonyl (C=O) groups is 2. The maximum absolute atomic E-state index is 12.9. The number of nitrogens with one attached hydrogen (secondary N) is 1. The Morgan fingerprint density at radius 3 is 2.24 bits per heavy atom. The van der Waals surface area contributed by atoms with Gasteiger partial charge in [-0.05, 0) is 49.5 Å². The molecule has 0 radical (unpaired) electrons. The van der Waals surface area contributed by atoms with Crippen molar-refractivity contribution < 1.29 is 9.59 Å². The predicted octanol–water partition coefficient (Wildman–Crippen LogP) is 4.13. The van der Waals surface area contributed by atoms with E-state index in [-0.39, 0.29) is 10.7 Å². The number of rotatable bonds is 2. The molecule has 0 aromatic heterocycles. The number of carbonyl (C=O) groups excluding carboxylic acids is 2. The van der Waals surface area contributed by atoms with Crippen LogP contribution in [0.15, 0.2) is 48.0 Å². The first-order valence-electron chi connectivity index (χ1n) is 7.30. The molecule has 1 fully saturated rings. The van der Waals surface area contributed by atoms with Crippen molar-refractivity contribution in [3.63, 3.8) is 0 Å². The zero-order valence-corrected chi connectivity index (χ0v) is 15.4. The van der Waals surface area contributed by atoms with Crippen molar-refractivity contribution in [1.29, 1.82) is 0 Å². The number of aryl methyl sites for hydroxylation is 1. The third-order valence-corrected chi connectivity index (χ3v) is 4.63. The van der Waals surface area contributed by atoms with Crippen LogP contribution in [0.25, 0.3) is 6.08 Å². The van der Waals surface area contributed by atoms with Gasteiger partial charge in [-0.25, -0.2) is 0 Å². The molecular formula is C18H12Cl2N2O2S. The Kier molecular flexibility index (Phi) is 4.90. The molecule has 2 aromatic rings. The molecular weight excluding hydrogens is 379 g/mol. The molecule has 0 atom stereocenters. The molecule has 2 amide bonds. The quantitative estimate of drug-likeness (QED) is 0.476. The summed E-state index contributed by atoms with van der Waals surface area (Å²) < 4.78 is 0. The minimum Gasteiger partial charge on any atom is -0.298 e. The molecule has 1 N–H and O–H groups in total. The minimum atomic E-state index is -0.589. The molecule has 3 rings (SSSR count). The summed E-state index contributed by atoms with van der Waals surface area (Å²) in [6.45, 7) is 1.94. The number of benzene rings is 2. The van der Waals surface area contributed by atoms with E-state index in [1.165, 1.54) is 11.0 Å². The summed E-state index contributed by atoms with van der Waals surface area (Å²) in [5, 5.41) is 3.24. The van der Waals surface area contributed by atoms with Gasteiger partial charge < -0.3 is 0 Å². The second-order valence-electron chi connectivity index (χ2n) is 5.43. The molecule has 1 heterocycles. The van der Waals surface area contributed by atoms with Crippen LogP contribution in [-0.4, -0.2) is 16.9 Å². The van der Waals surface area contributed by atoms with Crippen LogP contribution in [0.2, 0.25) is 10.0 Å². The topological polar surface area (TPSA) is 49.4 Å². The Morgan fingerprint density at radius 1 is 1.04 bits per heavy atom. The average Bonchev–Trinajstić information content (AvgIpc) is 2.55. The van der Waals surface area contributed by atoms with Crippen LogP contribution in [0.1, 0.15) is 11.1 Å². The van der Waals surface area contributed by atoms with Gasteiger partial charge in [0, 0.05) is 15.6 Å². The lowest BCUT2D eigenvalue weighted by molar-refractivity contribution is -0.122. The Bertz CT molecular complexity index is 903. The van der Waals surface area contributed by atoms with E-state index in [0.717, 1.165) is 5.56 Å². The molecule has 25 heavy (non-hydrogen) atoms. The third-order valence-electron chi connectivity index (χ3n) is 3.68. The summed E-state index contributed by atoms with van der Waals surface area (Å²) in [5.74, 6) is -1.12. The fourth-order valence-electron chi connectivity index (χ4n) is 2.38. The van der Waals surface area contributed by atoms with Gasteiger partial charge in [-0.2, -0.15) is 0 Å². The lowest BCUT2D eigenvalue weighted by Gasteiger charge is -2.29. The van der Waals surface area contributed by atoms with Crippen LogP contribution in [0.4, 0.5) is 5.69 Å². The first-order valence-corrected chi connectivity index (χ1v) is 8.47. The Morgan fingerprint density at radius 2 is 1.64 bits per heavy atom. The first-order chi connectivity index (χ1) is 11.9. The molecule has 2 aromatic carbocycles. The van der Waals surface area contributed by atoms with Gasteiger partial charge in [0.1, 0.15) is 5.57 Å². The van der Waals surface area contributed by atoms with E-state index in [9.17, 15) is 9.59 Å². The molecule has 0 saturated carbocycles. The summed E-state index contributed by atoms with van der Waals surface area (Å²) in [6.07, 6.45) is 1.38. The van der Waals surface area contributed by atoms with Crippen LogP contribution in [0.3, 0.4) is 0 Å². The number of amides is 2. The summed E-state index contributed by atoms with van der Waals surface area (Å²) >= 11 is 17.4. The fraction of sp³-hybridized carbons (Fsp3) is 0.0556. The van der Waals surface area contributed by atoms with Gasteiger partial charge in [-0.15, -0.1) is 0 Å². The number of nitrogens with zero attached hydrogens (tertiary/aromatic N) is 1. The van der Waals surface area contributed by atoms with E-state index in [1.54, 1.807) is 30.3 Å². The summed E-state index contributed by atoms with van der Waals surface area (Å²) in [4.78, 5) is 26.4. The second kappa shape index (κ2) is 6.96. The molecule has 0 unspecified atom stereocenters. The molecule has 0 bridgehead atoms. The average molecular weight is 391 g/mol. The molecule has 4 nitrogen and oxygen atoms in total. The fourth-order valence-corrected chi connectivity index (χ4v) is 3.17. The number of hydrogen-bond acceptors (Lipinski definition) is 3.